The normalized spacial score (nSPS) is 11.6. The van der Waals surface area contributed by atoms with Gasteiger partial charge in [-0.1, -0.05) is 36.4 Å². The lowest BCUT2D eigenvalue weighted by Crippen LogP contribution is -2.50. The van der Waals surface area contributed by atoms with Gasteiger partial charge in [-0.15, -0.1) is 0 Å². The van der Waals surface area contributed by atoms with Crippen LogP contribution in [0.3, 0.4) is 0 Å². The van der Waals surface area contributed by atoms with Gasteiger partial charge in [0.25, 0.3) is 11.8 Å². The van der Waals surface area contributed by atoms with Crippen molar-refractivity contribution in [1.29, 1.82) is 0 Å². The standard InChI is InChI=1S/C17H19N3O3/c1-11-4-2-3-5-14(11)12-6-8-13(9-7-12)16(21)19-15(10-18)17(22)20-23/h2-9,15,23H,10,18H2,1H3,(H,19,21)(H,20,22)/t15-/m0/s1. The van der Waals surface area contributed by atoms with Gasteiger partial charge in [-0.3, -0.25) is 14.8 Å². The highest BCUT2D eigenvalue weighted by Crippen LogP contribution is 2.23. The average molecular weight is 313 g/mol. The van der Waals surface area contributed by atoms with Gasteiger partial charge < -0.3 is 11.1 Å². The predicted molar refractivity (Wildman–Crippen MR) is 86.9 cm³/mol. The van der Waals surface area contributed by atoms with Crippen LogP contribution < -0.4 is 16.5 Å². The molecule has 0 saturated carbocycles. The molecule has 0 heterocycles. The predicted octanol–water partition coefficient (Wildman–Crippen LogP) is 1.22. The average Bonchev–Trinajstić information content (AvgIpc) is 2.59. The largest absolute Gasteiger partial charge is 0.339 e. The number of carbonyl (C=O) groups is 2. The first-order valence-corrected chi connectivity index (χ1v) is 7.17. The second-order valence-electron chi connectivity index (χ2n) is 5.13. The lowest BCUT2D eigenvalue weighted by atomic mass is 9.99. The molecule has 0 radical (unpaired) electrons. The Bertz CT molecular complexity index is 698. The second kappa shape index (κ2) is 7.53. The molecular formula is C17H19N3O3. The van der Waals surface area contributed by atoms with Crippen LogP contribution in [0.15, 0.2) is 48.5 Å². The fraction of sp³-hybridized carbons (Fsp3) is 0.176. The number of carbonyl (C=O) groups excluding carboxylic acids is 2. The van der Waals surface area contributed by atoms with Crippen LogP contribution in [0.25, 0.3) is 11.1 Å². The maximum absolute atomic E-state index is 12.1. The lowest BCUT2D eigenvalue weighted by molar-refractivity contribution is -0.130. The summed E-state index contributed by atoms with van der Waals surface area (Å²) in [5, 5.41) is 11.1. The molecule has 0 aliphatic carbocycles. The Hall–Kier alpha value is -2.70. The summed E-state index contributed by atoms with van der Waals surface area (Å²) in [5.41, 5.74) is 10.5. The van der Waals surface area contributed by atoms with Crippen LogP contribution in [0.2, 0.25) is 0 Å². The summed E-state index contributed by atoms with van der Waals surface area (Å²) < 4.78 is 0. The Labute approximate surface area is 134 Å². The molecule has 2 aromatic carbocycles. The van der Waals surface area contributed by atoms with Crippen LogP contribution in [-0.2, 0) is 4.79 Å². The minimum Gasteiger partial charge on any atom is -0.339 e. The van der Waals surface area contributed by atoms with Crippen molar-refractivity contribution in [3.05, 3.63) is 59.7 Å². The van der Waals surface area contributed by atoms with E-state index in [0.717, 1.165) is 16.7 Å². The Balaban J connectivity index is 2.15. The molecule has 0 fully saturated rings. The summed E-state index contributed by atoms with van der Waals surface area (Å²) >= 11 is 0. The molecule has 0 saturated heterocycles. The number of hydrogen-bond acceptors (Lipinski definition) is 4. The highest BCUT2D eigenvalue weighted by atomic mass is 16.5. The first-order valence-electron chi connectivity index (χ1n) is 7.17. The van der Waals surface area contributed by atoms with E-state index in [2.05, 4.69) is 5.32 Å². The molecule has 1 atom stereocenters. The van der Waals surface area contributed by atoms with Gasteiger partial charge in [0.05, 0.1) is 0 Å². The van der Waals surface area contributed by atoms with Crippen LogP contribution >= 0.6 is 0 Å². The Morgan fingerprint density at radius 3 is 2.35 bits per heavy atom. The van der Waals surface area contributed by atoms with Crippen molar-refractivity contribution in [2.45, 2.75) is 13.0 Å². The number of benzene rings is 2. The minimum absolute atomic E-state index is 0.112. The zero-order valence-corrected chi connectivity index (χ0v) is 12.7. The molecule has 2 amide bonds. The number of aryl methyl sites for hydroxylation is 1. The lowest BCUT2D eigenvalue weighted by Gasteiger charge is -2.14. The Morgan fingerprint density at radius 2 is 1.78 bits per heavy atom. The Morgan fingerprint density at radius 1 is 1.13 bits per heavy atom. The smallest absolute Gasteiger partial charge is 0.267 e. The van der Waals surface area contributed by atoms with Gasteiger partial charge in [0.2, 0.25) is 0 Å². The summed E-state index contributed by atoms with van der Waals surface area (Å²) in [5.74, 6) is -1.18. The first-order chi connectivity index (χ1) is 11.1. The third kappa shape index (κ3) is 3.94. The molecule has 0 unspecified atom stereocenters. The van der Waals surface area contributed by atoms with Crippen molar-refractivity contribution in [2.24, 2.45) is 5.73 Å². The van der Waals surface area contributed by atoms with Gasteiger partial charge in [0, 0.05) is 12.1 Å². The molecule has 2 rings (SSSR count). The van der Waals surface area contributed by atoms with Gasteiger partial charge in [-0.05, 0) is 35.7 Å². The summed E-state index contributed by atoms with van der Waals surface area (Å²) in [6.45, 7) is 1.91. The maximum atomic E-state index is 12.1. The topological polar surface area (TPSA) is 104 Å². The second-order valence-corrected chi connectivity index (χ2v) is 5.13. The van der Waals surface area contributed by atoms with Crippen LogP contribution in [0, 0.1) is 6.92 Å². The third-order valence-electron chi connectivity index (χ3n) is 3.57. The van der Waals surface area contributed by atoms with Gasteiger partial charge in [0.1, 0.15) is 6.04 Å². The summed E-state index contributed by atoms with van der Waals surface area (Å²) in [6, 6.07) is 14.0. The van der Waals surface area contributed by atoms with E-state index in [-0.39, 0.29) is 6.54 Å². The van der Waals surface area contributed by atoms with Crippen LogP contribution in [-0.4, -0.2) is 29.6 Å². The van der Waals surface area contributed by atoms with Crippen molar-refractivity contribution < 1.29 is 14.8 Å². The SMILES string of the molecule is Cc1ccccc1-c1ccc(C(=O)N[C@@H](CN)C(=O)NO)cc1. The molecule has 6 nitrogen and oxygen atoms in total. The minimum atomic E-state index is -0.983. The monoisotopic (exact) mass is 313 g/mol. The van der Waals surface area contributed by atoms with E-state index in [4.69, 9.17) is 10.9 Å². The third-order valence-corrected chi connectivity index (χ3v) is 3.57. The molecule has 5 N–H and O–H groups in total. The molecule has 6 heteroatoms. The van der Waals surface area contributed by atoms with E-state index in [0.29, 0.717) is 5.56 Å². The highest BCUT2D eigenvalue weighted by Gasteiger charge is 2.19. The molecule has 0 aliphatic heterocycles. The molecule has 23 heavy (non-hydrogen) atoms. The zero-order valence-electron chi connectivity index (χ0n) is 12.7. The Kier molecular flexibility index (Phi) is 5.46. The molecule has 0 bridgehead atoms. The van der Waals surface area contributed by atoms with Gasteiger partial charge >= 0.3 is 0 Å². The fourth-order valence-corrected chi connectivity index (χ4v) is 2.25. The van der Waals surface area contributed by atoms with Crippen LogP contribution in [0.4, 0.5) is 0 Å². The van der Waals surface area contributed by atoms with Crippen molar-refractivity contribution in [3.8, 4) is 11.1 Å². The van der Waals surface area contributed by atoms with Gasteiger partial charge in [-0.25, -0.2) is 5.48 Å². The zero-order chi connectivity index (χ0) is 16.8. The van der Waals surface area contributed by atoms with E-state index in [1.807, 2.05) is 43.3 Å². The van der Waals surface area contributed by atoms with E-state index in [9.17, 15) is 9.59 Å². The van der Waals surface area contributed by atoms with Crippen LogP contribution in [0.5, 0.6) is 0 Å². The number of rotatable bonds is 5. The molecule has 0 aliphatic rings. The van der Waals surface area contributed by atoms with Crippen molar-refractivity contribution in [2.75, 3.05) is 6.54 Å². The maximum Gasteiger partial charge on any atom is 0.267 e. The summed E-state index contributed by atoms with van der Waals surface area (Å²) in [6.07, 6.45) is 0. The number of nitrogens with one attached hydrogen (secondary N) is 2. The van der Waals surface area contributed by atoms with Gasteiger partial charge in [-0.2, -0.15) is 0 Å². The fourth-order valence-electron chi connectivity index (χ4n) is 2.25. The van der Waals surface area contributed by atoms with Crippen molar-refractivity contribution in [1.82, 2.24) is 10.8 Å². The van der Waals surface area contributed by atoms with E-state index >= 15 is 0 Å². The quantitative estimate of drug-likeness (QED) is 0.492. The van der Waals surface area contributed by atoms with Gasteiger partial charge in [0.15, 0.2) is 0 Å². The molecule has 0 aromatic heterocycles. The number of amides is 2. The molecule has 120 valence electrons. The van der Waals surface area contributed by atoms with E-state index < -0.39 is 17.9 Å². The molecule has 2 aromatic rings. The highest BCUT2D eigenvalue weighted by molar-refractivity contribution is 5.97. The van der Waals surface area contributed by atoms with Crippen LogP contribution in [0.1, 0.15) is 15.9 Å². The molecule has 0 spiro atoms. The van der Waals surface area contributed by atoms with Crippen molar-refractivity contribution in [3.63, 3.8) is 0 Å². The van der Waals surface area contributed by atoms with Crippen molar-refractivity contribution >= 4 is 11.8 Å². The first kappa shape index (κ1) is 16.7. The number of nitrogens with two attached hydrogens (primary N) is 1. The number of hydrogen-bond donors (Lipinski definition) is 4. The van der Waals surface area contributed by atoms with E-state index in [1.165, 1.54) is 5.48 Å². The van der Waals surface area contributed by atoms with E-state index in [1.54, 1.807) is 12.1 Å². The molecular weight excluding hydrogens is 294 g/mol. The summed E-state index contributed by atoms with van der Waals surface area (Å²) in [7, 11) is 0. The summed E-state index contributed by atoms with van der Waals surface area (Å²) in [4.78, 5) is 23.5. The number of hydroxylamine groups is 1.